The lowest BCUT2D eigenvalue weighted by molar-refractivity contribution is -0.950. The van der Waals surface area contributed by atoms with Crippen LogP contribution in [0.3, 0.4) is 0 Å². The van der Waals surface area contributed by atoms with Gasteiger partial charge in [0, 0.05) is 5.56 Å². The number of aliphatic hydroxyl groups excluding tert-OH is 1. The van der Waals surface area contributed by atoms with Crippen LogP contribution in [0.15, 0.2) is 60.7 Å². The van der Waals surface area contributed by atoms with Gasteiger partial charge in [-0.1, -0.05) is 60.7 Å². The molecule has 0 bridgehead atoms. The maximum Gasteiger partial charge on any atom is 0.126 e. The lowest BCUT2D eigenvalue weighted by Gasteiger charge is -2.42. The second-order valence-electron chi connectivity index (χ2n) is 6.88. The Kier molecular flexibility index (Phi) is 6.59. The van der Waals surface area contributed by atoms with Crippen LogP contribution in [0, 0.1) is 0 Å². The van der Waals surface area contributed by atoms with E-state index in [0.29, 0.717) is 19.8 Å². The summed E-state index contributed by atoms with van der Waals surface area (Å²) in [4.78, 5) is 0. The number of nitrogens with zero attached hydrogens (tertiary/aromatic N) is 1. The summed E-state index contributed by atoms with van der Waals surface area (Å²) < 4.78 is 12.1. The molecule has 25 heavy (non-hydrogen) atoms. The maximum absolute atomic E-state index is 10.5. The highest BCUT2D eigenvalue weighted by Gasteiger charge is 2.33. The van der Waals surface area contributed by atoms with Crippen LogP contribution in [-0.2, 0) is 22.6 Å². The number of benzene rings is 2. The first-order chi connectivity index (χ1) is 12.3. The van der Waals surface area contributed by atoms with Gasteiger partial charge in [0.1, 0.15) is 32.3 Å². The Labute approximate surface area is 150 Å². The van der Waals surface area contributed by atoms with Gasteiger partial charge in [-0.05, 0) is 5.56 Å². The average Bonchev–Trinajstić information content (AvgIpc) is 2.64. The first-order valence-electron chi connectivity index (χ1n) is 9.02. The third kappa shape index (κ3) is 5.65. The van der Waals surface area contributed by atoms with Gasteiger partial charge in [-0.3, -0.25) is 0 Å². The third-order valence-corrected chi connectivity index (χ3v) is 4.80. The predicted molar refractivity (Wildman–Crippen MR) is 97.9 cm³/mol. The highest BCUT2D eigenvalue weighted by Crippen LogP contribution is 2.19. The number of quaternary nitrogens is 1. The van der Waals surface area contributed by atoms with E-state index >= 15 is 0 Å². The molecule has 1 unspecified atom stereocenters. The van der Waals surface area contributed by atoms with Crippen molar-refractivity contribution >= 4 is 0 Å². The predicted octanol–water partition coefficient (Wildman–Crippen LogP) is 2.61. The molecule has 0 radical (unpaired) electrons. The summed E-state index contributed by atoms with van der Waals surface area (Å²) in [6, 6.07) is 20.6. The van der Waals surface area contributed by atoms with Crippen LogP contribution in [-0.4, -0.2) is 55.1 Å². The zero-order chi connectivity index (χ0) is 17.4. The van der Waals surface area contributed by atoms with Gasteiger partial charge in [0.05, 0.1) is 26.4 Å². The normalized spacial score (nSPS) is 18.0. The molecule has 1 heterocycles. The molecule has 1 aliphatic rings. The summed E-state index contributed by atoms with van der Waals surface area (Å²) in [5.41, 5.74) is 2.44. The Morgan fingerprint density at radius 2 is 1.52 bits per heavy atom. The minimum Gasteiger partial charge on any atom is -0.385 e. The van der Waals surface area contributed by atoms with E-state index in [2.05, 4.69) is 24.3 Å². The summed E-state index contributed by atoms with van der Waals surface area (Å²) in [5.74, 6) is 0. The average molecular weight is 342 g/mol. The Bertz CT molecular complexity index is 612. The van der Waals surface area contributed by atoms with E-state index < -0.39 is 6.10 Å². The smallest absolute Gasteiger partial charge is 0.126 e. The Morgan fingerprint density at radius 1 is 0.920 bits per heavy atom. The van der Waals surface area contributed by atoms with Crippen LogP contribution in [0.2, 0.25) is 0 Å². The van der Waals surface area contributed by atoms with Gasteiger partial charge in [-0.15, -0.1) is 0 Å². The fourth-order valence-corrected chi connectivity index (χ4v) is 3.49. The van der Waals surface area contributed by atoms with Crippen molar-refractivity contribution in [2.75, 3.05) is 39.5 Å². The fraction of sp³-hybridized carbons (Fsp3) is 0.429. The van der Waals surface area contributed by atoms with Crippen molar-refractivity contribution in [1.82, 2.24) is 0 Å². The number of hydrogen-bond donors (Lipinski definition) is 1. The molecule has 2 aromatic carbocycles. The number of aliphatic hydroxyl groups is 1. The Hall–Kier alpha value is -1.72. The highest BCUT2D eigenvalue weighted by atomic mass is 16.5. The molecule has 0 spiro atoms. The lowest BCUT2D eigenvalue weighted by Crippen LogP contribution is -2.58. The van der Waals surface area contributed by atoms with Gasteiger partial charge >= 0.3 is 0 Å². The van der Waals surface area contributed by atoms with Crippen molar-refractivity contribution in [3.63, 3.8) is 0 Å². The van der Waals surface area contributed by atoms with Crippen LogP contribution in [0.5, 0.6) is 0 Å². The van der Waals surface area contributed by atoms with Crippen molar-refractivity contribution in [2.24, 2.45) is 0 Å². The molecule has 1 N–H and O–H groups in total. The standard InChI is InChI=1S/C21H28NO3/c23-21(18-25-17-20-9-5-2-6-10-20)16-22(11-13-24-14-12-22)15-19-7-3-1-4-8-19/h1-10,21,23H,11-18H2/q+1. The zero-order valence-corrected chi connectivity index (χ0v) is 14.7. The van der Waals surface area contributed by atoms with Gasteiger partial charge in [0.15, 0.2) is 0 Å². The van der Waals surface area contributed by atoms with E-state index in [1.54, 1.807) is 0 Å². The number of rotatable bonds is 8. The van der Waals surface area contributed by atoms with E-state index in [1.165, 1.54) is 5.56 Å². The SMILES string of the molecule is OC(COCc1ccccc1)C[N+]1(Cc2ccccc2)CCOCC1. The zero-order valence-electron chi connectivity index (χ0n) is 14.7. The van der Waals surface area contributed by atoms with Gasteiger partial charge in [0.25, 0.3) is 0 Å². The molecule has 0 aliphatic carbocycles. The Balaban J connectivity index is 1.54. The van der Waals surface area contributed by atoms with Gasteiger partial charge in [0.2, 0.25) is 0 Å². The molecule has 4 nitrogen and oxygen atoms in total. The first-order valence-corrected chi connectivity index (χ1v) is 9.02. The topological polar surface area (TPSA) is 38.7 Å². The molecule has 0 amide bonds. The second kappa shape index (κ2) is 9.11. The number of morpholine rings is 1. The van der Waals surface area contributed by atoms with Crippen molar-refractivity contribution < 1.29 is 19.1 Å². The van der Waals surface area contributed by atoms with E-state index in [-0.39, 0.29) is 0 Å². The van der Waals surface area contributed by atoms with Gasteiger partial charge in [-0.25, -0.2) is 0 Å². The van der Waals surface area contributed by atoms with E-state index in [4.69, 9.17) is 9.47 Å². The van der Waals surface area contributed by atoms with Crippen LogP contribution in [0.4, 0.5) is 0 Å². The van der Waals surface area contributed by atoms with Crippen molar-refractivity contribution in [3.05, 3.63) is 71.8 Å². The summed E-state index contributed by atoms with van der Waals surface area (Å²) in [6.07, 6.45) is -0.467. The van der Waals surface area contributed by atoms with Gasteiger partial charge < -0.3 is 19.1 Å². The fourth-order valence-electron chi connectivity index (χ4n) is 3.49. The molecule has 0 aromatic heterocycles. The third-order valence-electron chi connectivity index (χ3n) is 4.80. The summed E-state index contributed by atoms with van der Waals surface area (Å²) in [7, 11) is 0. The molecule has 1 aliphatic heterocycles. The maximum atomic E-state index is 10.5. The summed E-state index contributed by atoms with van der Waals surface area (Å²) >= 11 is 0. The van der Waals surface area contributed by atoms with E-state index in [9.17, 15) is 5.11 Å². The molecule has 1 fully saturated rings. The molecule has 4 heteroatoms. The van der Waals surface area contributed by atoms with E-state index in [0.717, 1.165) is 42.9 Å². The molecule has 3 rings (SSSR count). The first kappa shape index (κ1) is 18.1. The summed E-state index contributed by atoms with van der Waals surface area (Å²) in [5, 5.41) is 10.5. The highest BCUT2D eigenvalue weighted by molar-refractivity contribution is 5.14. The van der Waals surface area contributed by atoms with Crippen LogP contribution >= 0.6 is 0 Å². The molecular formula is C21H28NO3+. The molecule has 134 valence electrons. The molecule has 1 atom stereocenters. The van der Waals surface area contributed by atoms with Gasteiger partial charge in [-0.2, -0.15) is 0 Å². The van der Waals surface area contributed by atoms with E-state index in [1.807, 2.05) is 36.4 Å². The number of hydrogen-bond acceptors (Lipinski definition) is 3. The largest absolute Gasteiger partial charge is 0.385 e. The van der Waals surface area contributed by atoms with Crippen molar-refractivity contribution in [2.45, 2.75) is 19.3 Å². The molecule has 0 saturated carbocycles. The van der Waals surface area contributed by atoms with Crippen LogP contribution in [0.1, 0.15) is 11.1 Å². The van der Waals surface area contributed by atoms with Crippen LogP contribution < -0.4 is 0 Å². The molecule has 1 saturated heterocycles. The van der Waals surface area contributed by atoms with Crippen molar-refractivity contribution in [3.8, 4) is 0 Å². The van der Waals surface area contributed by atoms with Crippen molar-refractivity contribution in [1.29, 1.82) is 0 Å². The minimum atomic E-state index is -0.467. The number of ether oxygens (including phenoxy) is 2. The lowest BCUT2D eigenvalue weighted by atomic mass is 10.1. The second-order valence-corrected chi connectivity index (χ2v) is 6.88. The quantitative estimate of drug-likeness (QED) is 0.750. The monoisotopic (exact) mass is 342 g/mol. The summed E-state index contributed by atoms with van der Waals surface area (Å²) in [6.45, 7) is 5.92. The Morgan fingerprint density at radius 3 is 2.16 bits per heavy atom. The molecular weight excluding hydrogens is 314 g/mol. The molecule has 2 aromatic rings. The minimum absolute atomic E-state index is 0.366. The van der Waals surface area contributed by atoms with Crippen LogP contribution in [0.25, 0.3) is 0 Å².